The zero-order chi connectivity index (χ0) is 28.7. The first-order chi connectivity index (χ1) is 18.6. The lowest BCUT2D eigenvalue weighted by molar-refractivity contribution is -0.108. The van der Waals surface area contributed by atoms with Crippen LogP contribution in [0.2, 0.25) is 0 Å². The Balaban J connectivity index is 1.70. The number of hydrogen-bond acceptors (Lipinski definition) is 8. The van der Waals surface area contributed by atoms with Crippen LogP contribution in [-0.4, -0.2) is 58.0 Å². The smallest absolute Gasteiger partial charge is 0.214 e. The molecule has 0 amide bonds. The number of carbonyl (C=O) groups excluding carboxylic acids is 2. The first kappa shape index (κ1) is 33.5. The van der Waals surface area contributed by atoms with Crippen molar-refractivity contribution in [3.8, 4) is 11.5 Å². The van der Waals surface area contributed by atoms with Crippen LogP contribution in [0.1, 0.15) is 38.8 Å². The second-order valence-corrected chi connectivity index (χ2v) is 14.0. The maximum atomic E-state index is 11.5. The van der Waals surface area contributed by atoms with E-state index in [1.807, 2.05) is 24.3 Å². The average molecular weight is 605 g/mol. The minimum absolute atomic E-state index is 0.0745. The molecular weight excluding hydrogens is 565 g/mol. The van der Waals surface area contributed by atoms with E-state index in [2.05, 4.69) is 51.3 Å². The topological polar surface area (TPSA) is 52.6 Å². The zero-order valence-corrected chi connectivity index (χ0v) is 26.7. The van der Waals surface area contributed by atoms with E-state index in [-0.39, 0.29) is 15.6 Å². The molecule has 212 valence electrons. The Labute approximate surface area is 251 Å². The maximum Gasteiger partial charge on any atom is 0.214 e. The second kappa shape index (κ2) is 17.8. The Morgan fingerprint density at radius 1 is 0.641 bits per heavy atom. The van der Waals surface area contributed by atoms with Gasteiger partial charge < -0.3 is 9.47 Å². The summed E-state index contributed by atoms with van der Waals surface area (Å²) in [6, 6.07) is 16.7. The van der Waals surface area contributed by atoms with Gasteiger partial charge in [-0.3, -0.25) is 9.59 Å². The monoisotopic (exact) mass is 604 g/mol. The Morgan fingerprint density at radius 3 is 1.33 bits per heavy atom. The normalized spacial score (nSPS) is 11.2. The van der Waals surface area contributed by atoms with Crippen LogP contribution in [-0.2, 0) is 15.0 Å². The largest absolute Gasteiger partial charge is 0.493 e. The van der Waals surface area contributed by atoms with Crippen LogP contribution in [0.25, 0.3) is 0 Å². The third-order valence-corrected chi connectivity index (χ3v) is 10.2. The number of thioether (sulfide) groups is 4. The summed E-state index contributed by atoms with van der Waals surface area (Å²) >= 11 is 6.24. The van der Waals surface area contributed by atoms with Crippen LogP contribution in [0.15, 0.2) is 72.8 Å². The molecule has 4 nitrogen and oxygen atoms in total. The molecule has 0 fully saturated rings. The molecule has 0 N–H and O–H groups in total. The molecule has 0 atom stereocenters. The highest BCUT2D eigenvalue weighted by atomic mass is 32.2. The van der Waals surface area contributed by atoms with Crippen molar-refractivity contribution in [3.05, 3.63) is 84.0 Å². The van der Waals surface area contributed by atoms with Gasteiger partial charge in [0, 0.05) is 39.9 Å². The van der Waals surface area contributed by atoms with Crippen LogP contribution in [0.4, 0.5) is 0 Å². The van der Waals surface area contributed by atoms with Gasteiger partial charge in [0.05, 0.1) is 13.2 Å². The van der Waals surface area contributed by atoms with Crippen LogP contribution in [0, 0.1) is 0 Å². The third kappa shape index (κ3) is 12.5. The van der Waals surface area contributed by atoms with Gasteiger partial charge in [-0.1, -0.05) is 74.8 Å². The number of benzene rings is 2. The molecule has 2 aromatic carbocycles. The summed E-state index contributed by atoms with van der Waals surface area (Å²) in [6.45, 7) is 16.6. The molecule has 0 saturated carbocycles. The standard InChI is InChI=1S/C31H40O4S4/c1-23(2)29(32)38-21-19-36-17-15-34-27-11-7-25(8-12-27)31(5,6)26-9-13-28(14-10-26)35-16-18-37-20-22-39-30(33)24(3)4/h7-14H,1,3,15-22H2,2,4-6H3. The van der Waals surface area contributed by atoms with Gasteiger partial charge in [0.25, 0.3) is 0 Å². The molecule has 2 rings (SSSR count). The van der Waals surface area contributed by atoms with Gasteiger partial charge in [-0.25, -0.2) is 0 Å². The maximum absolute atomic E-state index is 11.5. The molecule has 0 aromatic heterocycles. The Hall–Kier alpha value is -1.74. The van der Waals surface area contributed by atoms with Crippen molar-refractivity contribution in [1.29, 1.82) is 0 Å². The summed E-state index contributed by atoms with van der Waals surface area (Å²) in [4.78, 5) is 23.1. The first-order valence-electron chi connectivity index (χ1n) is 12.9. The molecule has 0 radical (unpaired) electrons. The van der Waals surface area contributed by atoms with E-state index < -0.39 is 0 Å². The molecule has 0 unspecified atom stereocenters. The fourth-order valence-corrected chi connectivity index (χ4v) is 6.66. The van der Waals surface area contributed by atoms with Crippen molar-refractivity contribution < 1.29 is 19.1 Å². The summed E-state index contributed by atoms with van der Waals surface area (Å²) in [5, 5.41) is 0.149. The Bertz CT molecular complexity index is 993. The van der Waals surface area contributed by atoms with Crippen molar-refractivity contribution >= 4 is 57.3 Å². The van der Waals surface area contributed by atoms with Crippen LogP contribution in [0.3, 0.4) is 0 Å². The fourth-order valence-electron chi connectivity index (χ4n) is 3.38. The minimum Gasteiger partial charge on any atom is -0.493 e. The molecule has 8 heteroatoms. The number of hydrogen-bond donors (Lipinski definition) is 0. The van der Waals surface area contributed by atoms with Gasteiger partial charge in [-0.2, -0.15) is 23.5 Å². The van der Waals surface area contributed by atoms with E-state index in [9.17, 15) is 9.59 Å². The third-order valence-electron chi connectivity index (χ3n) is 5.76. The molecule has 39 heavy (non-hydrogen) atoms. The predicted molar refractivity (Wildman–Crippen MR) is 175 cm³/mol. The first-order valence-corrected chi connectivity index (χ1v) is 17.2. The van der Waals surface area contributed by atoms with Crippen molar-refractivity contribution in [2.75, 3.05) is 47.7 Å². The van der Waals surface area contributed by atoms with Gasteiger partial charge >= 0.3 is 0 Å². The molecule has 0 bridgehead atoms. The highest BCUT2D eigenvalue weighted by Crippen LogP contribution is 2.33. The lowest BCUT2D eigenvalue weighted by Gasteiger charge is -2.26. The number of rotatable bonds is 18. The summed E-state index contributed by atoms with van der Waals surface area (Å²) in [5.41, 5.74) is 3.50. The number of ether oxygens (including phenoxy) is 2. The summed E-state index contributed by atoms with van der Waals surface area (Å²) in [5.74, 6) is 6.94. The van der Waals surface area contributed by atoms with E-state index in [0.717, 1.165) is 46.0 Å². The highest BCUT2D eigenvalue weighted by molar-refractivity contribution is 8.15. The molecule has 0 spiro atoms. The average Bonchev–Trinajstić information content (AvgIpc) is 2.92. The molecule has 0 saturated heterocycles. The van der Waals surface area contributed by atoms with E-state index >= 15 is 0 Å². The van der Waals surface area contributed by atoms with Crippen LogP contribution in [0.5, 0.6) is 11.5 Å². The van der Waals surface area contributed by atoms with Crippen molar-refractivity contribution in [1.82, 2.24) is 0 Å². The van der Waals surface area contributed by atoms with Crippen molar-refractivity contribution in [3.63, 3.8) is 0 Å². The second-order valence-electron chi connectivity index (χ2n) is 9.43. The number of carbonyl (C=O) groups is 2. The van der Waals surface area contributed by atoms with E-state index in [1.165, 1.54) is 34.7 Å². The lowest BCUT2D eigenvalue weighted by Crippen LogP contribution is -2.18. The minimum atomic E-state index is -0.152. The van der Waals surface area contributed by atoms with E-state index in [0.29, 0.717) is 24.4 Å². The summed E-state index contributed by atoms with van der Waals surface area (Å²) in [6.07, 6.45) is 0. The molecule has 0 heterocycles. The predicted octanol–water partition coefficient (Wildman–Crippen LogP) is 7.91. The van der Waals surface area contributed by atoms with E-state index in [1.54, 1.807) is 37.4 Å². The zero-order valence-electron chi connectivity index (χ0n) is 23.5. The van der Waals surface area contributed by atoms with Gasteiger partial charge in [0.2, 0.25) is 10.2 Å². The van der Waals surface area contributed by atoms with Crippen molar-refractivity contribution in [2.45, 2.75) is 33.1 Å². The highest BCUT2D eigenvalue weighted by Gasteiger charge is 2.23. The van der Waals surface area contributed by atoms with Gasteiger partial charge in [0.15, 0.2) is 0 Å². The molecule has 0 aliphatic rings. The lowest BCUT2D eigenvalue weighted by atomic mass is 9.78. The van der Waals surface area contributed by atoms with Crippen molar-refractivity contribution in [2.24, 2.45) is 0 Å². The van der Waals surface area contributed by atoms with Gasteiger partial charge in [-0.15, -0.1) is 0 Å². The molecule has 2 aromatic rings. The fraction of sp³-hybridized carbons (Fsp3) is 0.419. The quantitative estimate of drug-likeness (QED) is 0.126. The molecular formula is C31H40O4S4. The Kier molecular flexibility index (Phi) is 15.3. The SMILES string of the molecule is C=C(C)C(=O)SCCSCCOc1ccc(C(C)(C)c2ccc(OCCSCCSC(=O)C(=C)C)cc2)cc1. The molecule has 0 aliphatic carbocycles. The Morgan fingerprint density at radius 2 is 1.00 bits per heavy atom. The van der Waals surface area contributed by atoms with E-state index in [4.69, 9.17) is 9.47 Å². The van der Waals surface area contributed by atoms with Crippen LogP contribution >= 0.6 is 47.0 Å². The van der Waals surface area contributed by atoms with Gasteiger partial charge in [-0.05, 0) is 60.4 Å². The van der Waals surface area contributed by atoms with Crippen LogP contribution < -0.4 is 9.47 Å². The summed E-state index contributed by atoms with van der Waals surface area (Å²) in [7, 11) is 0. The molecule has 0 aliphatic heterocycles. The summed E-state index contributed by atoms with van der Waals surface area (Å²) < 4.78 is 11.8. The van der Waals surface area contributed by atoms with Gasteiger partial charge in [0.1, 0.15) is 11.5 Å².